The maximum atomic E-state index is 6.16. The Morgan fingerprint density at radius 3 is 2.04 bits per heavy atom. The summed E-state index contributed by atoms with van der Waals surface area (Å²) in [6, 6.07) is 13.8. The summed E-state index contributed by atoms with van der Waals surface area (Å²) in [5, 5.41) is 0. The summed E-state index contributed by atoms with van der Waals surface area (Å²) in [5.41, 5.74) is 16.6. The molecule has 0 atom stereocenters. The van der Waals surface area contributed by atoms with Gasteiger partial charge in [-0.05, 0) is 35.9 Å². The number of hydrogen-bond acceptors (Lipinski definition) is 5. The topological polar surface area (TPSA) is 73.7 Å². The van der Waals surface area contributed by atoms with Gasteiger partial charge >= 0.3 is 0 Å². The smallest absolute Gasteiger partial charge is 0.0637 e. The van der Waals surface area contributed by atoms with Crippen LogP contribution in [0.15, 0.2) is 42.5 Å². The Morgan fingerprint density at radius 2 is 1.48 bits per heavy atom. The molecule has 2 rings (SSSR count). The maximum Gasteiger partial charge on any atom is 0.0637 e. The average Bonchev–Trinajstić information content (AvgIpc) is 2.57. The highest BCUT2D eigenvalue weighted by atomic mass is 16.5. The molecule has 0 unspecified atom stereocenters. The van der Waals surface area contributed by atoms with Crippen molar-refractivity contribution in [2.75, 3.05) is 56.9 Å². The Balaban J connectivity index is 2.31. The van der Waals surface area contributed by atoms with E-state index in [-0.39, 0.29) is 0 Å². The van der Waals surface area contributed by atoms with Crippen LogP contribution < -0.4 is 16.4 Å². The summed E-state index contributed by atoms with van der Waals surface area (Å²) in [5.74, 6) is 0. The number of benzene rings is 2. The van der Waals surface area contributed by atoms with Gasteiger partial charge in [-0.3, -0.25) is 0 Å². The van der Waals surface area contributed by atoms with E-state index in [4.69, 9.17) is 20.9 Å². The summed E-state index contributed by atoms with van der Waals surface area (Å²) in [6.45, 7) is 2.91. The van der Waals surface area contributed by atoms with Crippen molar-refractivity contribution in [1.82, 2.24) is 0 Å². The molecule has 0 amide bonds. The molecule has 23 heavy (non-hydrogen) atoms. The highest BCUT2D eigenvalue weighted by Gasteiger charge is 2.10. The van der Waals surface area contributed by atoms with E-state index in [0.717, 1.165) is 41.3 Å². The van der Waals surface area contributed by atoms with E-state index in [1.54, 1.807) is 14.2 Å². The minimum absolute atomic E-state index is 0.658. The predicted octanol–water partition coefficient (Wildman–Crippen LogP) is 2.62. The molecule has 0 aromatic heterocycles. The Hall–Kier alpha value is -2.24. The molecule has 0 heterocycles. The largest absolute Gasteiger partial charge is 0.399 e. The first-order chi connectivity index (χ1) is 11.2. The minimum Gasteiger partial charge on any atom is -0.399 e. The number of anilines is 3. The molecule has 0 radical (unpaired) electrons. The van der Waals surface area contributed by atoms with Gasteiger partial charge in [0.15, 0.2) is 0 Å². The van der Waals surface area contributed by atoms with Gasteiger partial charge in [0.2, 0.25) is 0 Å². The third kappa shape index (κ3) is 4.61. The van der Waals surface area contributed by atoms with Crippen molar-refractivity contribution in [3.63, 3.8) is 0 Å². The van der Waals surface area contributed by atoms with Gasteiger partial charge < -0.3 is 25.8 Å². The summed E-state index contributed by atoms with van der Waals surface area (Å²) >= 11 is 0. The number of hydrogen-bond donors (Lipinski definition) is 2. The van der Waals surface area contributed by atoms with E-state index in [1.807, 2.05) is 36.4 Å². The van der Waals surface area contributed by atoms with Crippen molar-refractivity contribution in [1.29, 1.82) is 0 Å². The van der Waals surface area contributed by atoms with Crippen LogP contribution >= 0.6 is 0 Å². The van der Waals surface area contributed by atoms with Gasteiger partial charge in [0.05, 0.1) is 13.2 Å². The molecule has 0 aliphatic heterocycles. The molecule has 0 aliphatic carbocycles. The van der Waals surface area contributed by atoms with E-state index in [1.165, 1.54) is 0 Å². The zero-order valence-corrected chi connectivity index (χ0v) is 13.8. The number of nitrogens with two attached hydrogens (primary N) is 2. The Kier molecular flexibility index (Phi) is 6.26. The third-order valence-corrected chi connectivity index (χ3v) is 3.75. The van der Waals surface area contributed by atoms with Gasteiger partial charge in [0.1, 0.15) is 0 Å². The second-order valence-electron chi connectivity index (χ2n) is 5.37. The van der Waals surface area contributed by atoms with Gasteiger partial charge in [-0.2, -0.15) is 0 Å². The number of ether oxygens (including phenoxy) is 2. The van der Waals surface area contributed by atoms with E-state index in [9.17, 15) is 0 Å². The molecule has 2 aromatic carbocycles. The van der Waals surface area contributed by atoms with Gasteiger partial charge in [-0.15, -0.1) is 0 Å². The fourth-order valence-corrected chi connectivity index (χ4v) is 2.43. The number of methoxy groups -OCH3 is 2. The van der Waals surface area contributed by atoms with E-state index < -0.39 is 0 Å². The van der Waals surface area contributed by atoms with Crippen molar-refractivity contribution in [2.45, 2.75) is 0 Å². The molecule has 0 saturated carbocycles. The van der Waals surface area contributed by atoms with Crippen LogP contribution in [0.4, 0.5) is 17.1 Å². The van der Waals surface area contributed by atoms with Crippen LogP contribution in [0, 0.1) is 0 Å². The van der Waals surface area contributed by atoms with Crippen LogP contribution in [0.25, 0.3) is 11.1 Å². The maximum absolute atomic E-state index is 6.16. The second-order valence-corrected chi connectivity index (χ2v) is 5.37. The monoisotopic (exact) mass is 315 g/mol. The van der Waals surface area contributed by atoms with Crippen molar-refractivity contribution < 1.29 is 9.47 Å². The van der Waals surface area contributed by atoms with Gasteiger partial charge in [0, 0.05) is 49.9 Å². The predicted molar refractivity (Wildman–Crippen MR) is 96.7 cm³/mol. The third-order valence-electron chi connectivity index (χ3n) is 3.75. The number of nitrogens with zero attached hydrogens (tertiary/aromatic N) is 1. The molecule has 0 bridgehead atoms. The van der Waals surface area contributed by atoms with E-state index >= 15 is 0 Å². The van der Waals surface area contributed by atoms with Gasteiger partial charge in [-0.1, -0.05) is 12.1 Å². The number of nitrogen functional groups attached to an aromatic ring is 2. The first-order valence-corrected chi connectivity index (χ1v) is 7.64. The Labute approximate surface area is 137 Å². The zero-order valence-electron chi connectivity index (χ0n) is 13.8. The van der Waals surface area contributed by atoms with Crippen LogP contribution in [0.2, 0.25) is 0 Å². The second kappa shape index (κ2) is 8.41. The zero-order chi connectivity index (χ0) is 16.7. The summed E-state index contributed by atoms with van der Waals surface area (Å²) in [7, 11) is 3.41. The SMILES string of the molecule is COCCN(CCOC)c1ccc(N)c(-c2ccc(N)cc2)c1. The van der Waals surface area contributed by atoms with Gasteiger partial charge in [0.25, 0.3) is 0 Å². The lowest BCUT2D eigenvalue weighted by Gasteiger charge is -2.25. The highest BCUT2D eigenvalue weighted by molar-refractivity contribution is 5.80. The molecule has 0 saturated heterocycles. The molecule has 5 heteroatoms. The van der Waals surface area contributed by atoms with Crippen molar-refractivity contribution in [3.05, 3.63) is 42.5 Å². The number of rotatable bonds is 8. The van der Waals surface area contributed by atoms with E-state index in [2.05, 4.69) is 11.0 Å². The quantitative estimate of drug-likeness (QED) is 0.733. The van der Waals surface area contributed by atoms with Crippen LogP contribution in [0.5, 0.6) is 0 Å². The Bertz CT molecular complexity index is 606. The lowest BCUT2D eigenvalue weighted by atomic mass is 10.0. The van der Waals surface area contributed by atoms with Crippen molar-refractivity contribution >= 4 is 17.1 Å². The average molecular weight is 315 g/mol. The molecule has 0 fully saturated rings. The lowest BCUT2D eigenvalue weighted by Crippen LogP contribution is -2.30. The summed E-state index contributed by atoms with van der Waals surface area (Å²) in [6.07, 6.45) is 0. The fraction of sp³-hybridized carbons (Fsp3) is 0.333. The van der Waals surface area contributed by atoms with Crippen LogP contribution in [-0.4, -0.2) is 40.5 Å². The lowest BCUT2D eigenvalue weighted by molar-refractivity contribution is 0.190. The van der Waals surface area contributed by atoms with Crippen molar-refractivity contribution in [3.8, 4) is 11.1 Å². The molecular weight excluding hydrogens is 290 g/mol. The molecule has 5 nitrogen and oxygen atoms in total. The summed E-state index contributed by atoms with van der Waals surface area (Å²) in [4.78, 5) is 2.23. The molecule has 2 aromatic rings. The normalized spacial score (nSPS) is 10.7. The minimum atomic E-state index is 0.658. The molecule has 0 aliphatic rings. The molecule has 4 N–H and O–H groups in total. The highest BCUT2D eigenvalue weighted by Crippen LogP contribution is 2.30. The molecule has 124 valence electrons. The van der Waals surface area contributed by atoms with Crippen LogP contribution in [-0.2, 0) is 9.47 Å². The first kappa shape index (κ1) is 17.1. The van der Waals surface area contributed by atoms with E-state index in [0.29, 0.717) is 13.2 Å². The molecule has 0 spiro atoms. The first-order valence-electron chi connectivity index (χ1n) is 7.64. The standard InChI is InChI=1S/C18H25N3O2/c1-22-11-9-21(10-12-23-2)16-7-8-18(20)17(13-16)14-3-5-15(19)6-4-14/h3-8,13H,9-12,19-20H2,1-2H3. The van der Waals surface area contributed by atoms with Crippen molar-refractivity contribution in [2.24, 2.45) is 0 Å². The molecular formula is C18H25N3O2. The van der Waals surface area contributed by atoms with Crippen LogP contribution in [0.3, 0.4) is 0 Å². The summed E-state index contributed by atoms with van der Waals surface area (Å²) < 4.78 is 10.4. The Morgan fingerprint density at radius 1 is 0.870 bits per heavy atom. The van der Waals surface area contributed by atoms with Crippen LogP contribution in [0.1, 0.15) is 0 Å². The van der Waals surface area contributed by atoms with Gasteiger partial charge in [-0.25, -0.2) is 0 Å². The fourth-order valence-electron chi connectivity index (χ4n) is 2.43.